The van der Waals surface area contributed by atoms with Crippen LogP contribution in [0.1, 0.15) is 62.0 Å². The van der Waals surface area contributed by atoms with Gasteiger partial charge in [0, 0.05) is 23.9 Å². The summed E-state index contributed by atoms with van der Waals surface area (Å²) in [5.74, 6) is -0.446. The van der Waals surface area contributed by atoms with Crippen molar-refractivity contribution in [2.45, 2.75) is 46.1 Å². The van der Waals surface area contributed by atoms with Crippen molar-refractivity contribution in [3.63, 3.8) is 0 Å². The third-order valence-corrected chi connectivity index (χ3v) is 4.62. The number of carbonyl (C=O) groups is 1. The predicted molar refractivity (Wildman–Crippen MR) is 121 cm³/mol. The number of benzene rings is 1. The highest BCUT2D eigenvalue weighted by Gasteiger charge is 2.22. The molecule has 0 aliphatic rings. The Labute approximate surface area is 186 Å². The maximum atomic E-state index is 12.4. The molecule has 0 radical (unpaired) electrons. The zero-order valence-electron chi connectivity index (χ0n) is 18.7. The van der Waals surface area contributed by atoms with Crippen molar-refractivity contribution in [3.05, 3.63) is 62.1 Å². The summed E-state index contributed by atoms with van der Waals surface area (Å²) in [6.07, 6.45) is 5.55. The van der Waals surface area contributed by atoms with Gasteiger partial charge in [-0.2, -0.15) is 5.10 Å². The van der Waals surface area contributed by atoms with Crippen molar-refractivity contribution in [3.8, 4) is 11.5 Å². The molecule has 32 heavy (non-hydrogen) atoms. The van der Waals surface area contributed by atoms with Crippen molar-refractivity contribution < 1.29 is 19.2 Å². The molecule has 1 amide bonds. The minimum absolute atomic E-state index is 0.0494. The average Bonchev–Trinajstić information content (AvgIpc) is 2.76. The highest BCUT2D eigenvalue weighted by molar-refractivity contribution is 5.94. The Morgan fingerprint density at radius 2 is 2.09 bits per heavy atom. The molecule has 0 bridgehead atoms. The SMILES string of the molecule is CCCCCOc1c(OC)cc(/C=N\NC(=O)c2cccn(C(C)C)c2=O)cc1[N+](=O)[O-]. The fourth-order valence-corrected chi connectivity index (χ4v) is 2.96. The van der Waals surface area contributed by atoms with Crippen LogP contribution in [0, 0.1) is 10.1 Å². The molecular weight excluding hydrogens is 416 g/mol. The average molecular weight is 444 g/mol. The highest BCUT2D eigenvalue weighted by atomic mass is 16.6. The maximum Gasteiger partial charge on any atom is 0.315 e. The number of ether oxygens (including phenoxy) is 2. The molecule has 172 valence electrons. The van der Waals surface area contributed by atoms with Crippen LogP contribution in [0.15, 0.2) is 40.4 Å². The number of unbranched alkanes of at least 4 members (excludes halogenated alkanes) is 2. The molecule has 10 heteroatoms. The number of nitrogens with one attached hydrogen (secondary N) is 1. The lowest BCUT2D eigenvalue weighted by atomic mass is 10.2. The topological polar surface area (TPSA) is 125 Å². The first-order valence-corrected chi connectivity index (χ1v) is 10.3. The molecule has 10 nitrogen and oxygen atoms in total. The Morgan fingerprint density at radius 1 is 1.34 bits per heavy atom. The summed E-state index contributed by atoms with van der Waals surface area (Å²) in [7, 11) is 1.38. The normalized spacial score (nSPS) is 11.0. The third kappa shape index (κ3) is 6.16. The van der Waals surface area contributed by atoms with E-state index in [9.17, 15) is 19.7 Å². The van der Waals surface area contributed by atoms with E-state index in [1.807, 2.05) is 20.8 Å². The smallest absolute Gasteiger partial charge is 0.315 e. The van der Waals surface area contributed by atoms with Crippen LogP contribution in [0.5, 0.6) is 11.5 Å². The monoisotopic (exact) mass is 444 g/mol. The first-order valence-electron chi connectivity index (χ1n) is 10.3. The molecule has 0 atom stereocenters. The van der Waals surface area contributed by atoms with Gasteiger partial charge in [-0.1, -0.05) is 19.8 Å². The number of aromatic nitrogens is 1. The minimum Gasteiger partial charge on any atom is -0.493 e. The second-order valence-corrected chi connectivity index (χ2v) is 7.31. The van der Waals surface area contributed by atoms with E-state index < -0.39 is 16.4 Å². The predicted octanol–water partition coefficient (Wildman–Crippen LogP) is 3.68. The van der Waals surface area contributed by atoms with Gasteiger partial charge in [-0.15, -0.1) is 0 Å². The summed E-state index contributed by atoms with van der Waals surface area (Å²) in [4.78, 5) is 35.7. The number of nitro groups is 1. The largest absolute Gasteiger partial charge is 0.493 e. The van der Waals surface area contributed by atoms with Crippen molar-refractivity contribution >= 4 is 17.8 Å². The van der Waals surface area contributed by atoms with E-state index in [4.69, 9.17) is 9.47 Å². The van der Waals surface area contributed by atoms with E-state index in [1.165, 1.54) is 36.1 Å². The Morgan fingerprint density at radius 3 is 2.72 bits per heavy atom. The van der Waals surface area contributed by atoms with E-state index in [0.29, 0.717) is 12.2 Å². The number of nitro benzene ring substituents is 1. The molecule has 0 unspecified atom stereocenters. The Hall–Kier alpha value is -3.69. The van der Waals surface area contributed by atoms with Crippen LogP contribution in [0.25, 0.3) is 0 Å². The zero-order valence-corrected chi connectivity index (χ0v) is 18.7. The molecule has 0 fully saturated rings. The van der Waals surface area contributed by atoms with Gasteiger partial charge in [0.15, 0.2) is 5.75 Å². The minimum atomic E-state index is -0.682. The fourth-order valence-electron chi connectivity index (χ4n) is 2.96. The van der Waals surface area contributed by atoms with Gasteiger partial charge in [-0.05, 0) is 38.5 Å². The summed E-state index contributed by atoms with van der Waals surface area (Å²) in [5.41, 5.74) is 1.84. The summed E-state index contributed by atoms with van der Waals surface area (Å²) in [5, 5.41) is 15.4. The molecule has 0 saturated carbocycles. The number of pyridine rings is 1. The van der Waals surface area contributed by atoms with Crippen LogP contribution in [-0.2, 0) is 0 Å². The van der Waals surface area contributed by atoms with Crippen LogP contribution in [0.3, 0.4) is 0 Å². The molecule has 1 aromatic carbocycles. The van der Waals surface area contributed by atoms with Crippen LogP contribution in [0.4, 0.5) is 5.69 Å². The highest BCUT2D eigenvalue weighted by Crippen LogP contribution is 2.38. The van der Waals surface area contributed by atoms with Crippen molar-refractivity contribution in [2.24, 2.45) is 5.10 Å². The van der Waals surface area contributed by atoms with Crippen LogP contribution in [0.2, 0.25) is 0 Å². The summed E-state index contributed by atoms with van der Waals surface area (Å²) in [6, 6.07) is 5.71. The van der Waals surface area contributed by atoms with E-state index in [1.54, 1.807) is 12.3 Å². The van der Waals surface area contributed by atoms with Crippen molar-refractivity contribution in [1.82, 2.24) is 9.99 Å². The number of methoxy groups -OCH3 is 1. The standard InChI is InChI=1S/C22H28N4O6/c1-5-6-7-11-32-20-18(26(29)30)12-16(13-19(20)31-4)14-23-24-21(27)17-9-8-10-25(15(2)3)22(17)28/h8-10,12-15H,5-7,11H2,1-4H3,(H,24,27)/b23-14-. The maximum absolute atomic E-state index is 12.4. The van der Waals surface area contributed by atoms with Crippen LogP contribution in [-0.4, -0.2) is 35.3 Å². The van der Waals surface area contributed by atoms with E-state index >= 15 is 0 Å². The Kier molecular flexibility index (Phi) is 8.94. The molecule has 1 heterocycles. The zero-order chi connectivity index (χ0) is 23.7. The first kappa shape index (κ1) is 24.6. The fraction of sp³-hybridized carbons (Fsp3) is 0.409. The van der Waals surface area contributed by atoms with Crippen molar-refractivity contribution in [2.75, 3.05) is 13.7 Å². The summed E-state index contributed by atoms with van der Waals surface area (Å²) >= 11 is 0. The molecule has 2 aromatic rings. The molecule has 0 saturated heterocycles. The molecule has 0 spiro atoms. The lowest BCUT2D eigenvalue weighted by molar-refractivity contribution is -0.386. The Bertz CT molecular complexity index is 1050. The van der Waals surface area contributed by atoms with E-state index in [-0.39, 0.29) is 28.8 Å². The quantitative estimate of drug-likeness (QED) is 0.244. The second-order valence-electron chi connectivity index (χ2n) is 7.31. The summed E-state index contributed by atoms with van der Waals surface area (Å²) in [6.45, 7) is 6.05. The number of nitrogens with zero attached hydrogens (tertiary/aromatic N) is 3. The summed E-state index contributed by atoms with van der Waals surface area (Å²) < 4.78 is 12.3. The first-order chi connectivity index (χ1) is 15.3. The van der Waals surface area contributed by atoms with E-state index in [2.05, 4.69) is 10.5 Å². The molecule has 1 aromatic heterocycles. The van der Waals surface area contributed by atoms with Gasteiger partial charge < -0.3 is 14.0 Å². The number of rotatable bonds is 11. The third-order valence-electron chi connectivity index (χ3n) is 4.62. The van der Waals surface area contributed by atoms with Crippen molar-refractivity contribution in [1.29, 1.82) is 0 Å². The number of amides is 1. The molecule has 1 N–H and O–H groups in total. The second kappa shape index (κ2) is 11.6. The molecule has 0 aliphatic heterocycles. The van der Waals surface area contributed by atoms with Crippen LogP contribution >= 0.6 is 0 Å². The van der Waals surface area contributed by atoms with Crippen LogP contribution < -0.4 is 20.5 Å². The molecule has 0 aliphatic carbocycles. The van der Waals surface area contributed by atoms with Gasteiger partial charge in [0.1, 0.15) is 5.56 Å². The van der Waals surface area contributed by atoms with Gasteiger partial charge >= 0.3 is 5.69 Å². The lowest BCUT2D eigenvalue weighted by Crippen LogP contribution is -2.31. The lowest BCUT2D eigenvalue weighted by Gasteiger charge is -2.12. The number of hydrogen-bond acceptors (Lipinski definition) is 7. The van der Waals surface area contributed by atoms with Gasteiger partial charge in [0.2, 0.25) is 5.75 Å². The number of carbonyl (C=O) groups excluding carboxylic acids is 1. The Balaban J connectivity index is 2.22. The van der Waals surface area contributed by atoms with Gasteiger partial charge in [0.05, 0.1) is 24.9 Å². The van der Waals surface area contributed by atoms with E-state index in [0.717, 1.165) is 19.3 Å². The number of hydrazone groups is 1. The van der Waals surface area contributed by atoms with Gasteiger partial charge in [-0.25, -0.2) is 5.43 Å². The molecular formula is C22H28N4O6. The number of hydrogen-bond donors (Lipinski definition) is 1. The van der Waals surface area contributed by atoms with Gasteiger partial charge in [-0.3, -0.25) is 19.7 Å². The van der Waals surface area contributed by atoms with Gasteiger partial charge in [0.25, 0.3) is 11.5 Å². The molecule has 2 rings (SSSR count).